The standard InChI is InChI=1S/C18H22O3S/c1-5-18(2,3)22(19,20)17-12-8-15(9-13-17)14-6-10-16(21-4)11-7-14/h6-13H,5H2,1-4H3. The molecule has 0 atom stereocenters. The van der Waals surface area contributed by atoms with Gasteiger partial charge in [-0.15, -0.1) is 0 Å². The second-order valence-electron chi connectivity index (χ2n) is 5.87. The Balaban J connectivity index is 2.34. The first-order valence-corrected chi connectivity index (χ1v) is 8.79. The van der Waals surface area contributed by atoms with Gasteiger partial charge in [-0.05, 0) is 55.7 Å². The minimum atomic E-state index is -3.32. The topological polar surface area (TPSA) is 43.4 Å². The molecule has 0 amide bonds. The van der Waals surface area contributed by atoms with Gasteiger partial charge in [-0.1, -0.05) is 31.2 Å². The molecular weight excluding hydrogens is 296 g/mol. The van der Waals surface area contributed by atoms with Gasteiger partial charge in [0.25, 0.3) is 0 Å². The third kappa shape index (κ3) is 3.02. The van der Waals surface area contributed by atoms with Gasteiger partial charge in [-0.2, -0.15) is 0 Å². The van der Waals surface area contributed by atoms with Crippen LogP contribution in [-0.4, -0.2) is 20.3 Å². The molecule has 0 saturated heterocycles. The molecule has 2 rings (SSSR count). The predicted molar refractivity (Wildman–Crippen MR) is 90.0 cm³/mol. The smallest absolute Gasteiger partial charge is 0.183 e. The van der Waals surface area contributed by atoms with Crippen LogP contribution < -0.4 is 4.74 Å². The van der Waals surface area contributed by atoms with Crippen LogP contribution in [0.25, 0.3) is 11.1 Å². The number of hydrogen-bond donors (Lipinski definition) is 0. The highest BCUT2D eigenvalue weighted by Gasteiger charge is 2.33. The zero-order valence-electron chi connectivity index (χ0n) is 13.5. The molecule has 2 aromatic carbocycles. The fourth-order valence-electron chi connectivity index (χ4n) is 2.12. The summed E-state index contributed by atoms with van der Waals surface area (Å²) in [5, 5.41) is 0. The Kier molecular flexibility index (Phi) is 4.61. The molecule has 0 heterocycles. The lowest BCUT2D eigenvalue weighted by atomic mass is 10.1. The van der Waals surface area contributed by atoms with Gasteiger partial charge in [0, 0.05) is 0 Å². The Hall–Kier alpha value is -1.81. The molecule has 0 aliphatic carbocycles. The summed E-state index contributed by atoms with van der Waals surface area (Å²) in [6.45, 7) is 5.42. The van der Waals surface area contributed by atoms with Gasteiger partial charge in [0.2, 0.25) is 0 Å². The van der Waals surface area contributed by atoms with Crippen molar-refractivity contribution in [2.24, 2.45) is 0 Å². The lowest BCUT2D eigenvalue weighted by Crippen LogP contribution is -2.30. The summed E-state index contributed by atoms with van der Waals surface area (Å²) in [6, 6.07) is 14.8. The first-order chi connectivity index (χ1) is 10.3. The molecule has 0 saturated carbocycles. The van der Waals surface area contributed by atoms with E-state index >= 15 is 0 Å². The lowest BCUT2D eigenvalue weighted by molar-refractivity contribution is 0.415. The molecule has 0 radical (unpaired) electrons. The number of ether oxygens (including phenoxy) is 1. The molecule has 118 valence electrons. The number of methoxy groups -OCH3 is 1. The van der Waals surface area contributed by atoms with Crippen molar-refractivity contribution in [1.82, 2.24) is 0 Å². The summed E-state index contributed by atoms with van der Waals surface area (Å²) in [7, 11) is -1.69. The molecule has 3 nitrogen and oxygen atoms in total. The summed E-state index contributed by atoms with van der Waals surface area (Å²) >= 11 is 0. The molecule has 0 fully saturated rings. The summed E-state index contributed by atoms with van der Waals surface area (Å²) in [5.41, 5.74) is 2.01. The Morgan fingerprint density at radius 3 is 1.77 bits per heavy atom. The van der Waals surface area contributed by atoms with E-state index in [9.17, 15) is 8.42 Å². The van der Waals surface area contributed by atoms with E-state index in [1.165, 1.54) is 0 Å². The molecular formula is C18H22O3S. The van der Waals surface area contributed by atoms with Crippen LogP contribution in [0.2, 0.25) is 0 Å². The van der Waals surface area contributed by atoms with Crippen molar-refractivity contribution in [2.75, 3.05) is 7.11 Å². The second-order valence-corrected chi connectivity index (χ2v) is 8.45. The molecule has 0 N–H and O–H groups in total. The third-order valence-corrected chi connectivity index (χ3v) is 6.80. The van der Waals surface area contributed by atoms with Crippen molar-refractivity contribution in [1.29, 1.82) is 0 Å². The van der Waals surface area contributed by atoms with Crippen LogP contribution in [0.5, 0.6) is 5.75 Å². The third-order valence-electron chi connectivity index (χ3n) is 4.17. The quantitative estimate of drug-likeness (QED) is 0.824. The summed E-state index contributed by atoms with van der Waals surface area (Å²) in [6.07, 6.45) is 0.579. The Morgan fingerprint density at radius 1 is 0.909 bits per heavy atom. The van der Waals surface area contributed by atoms with Crippen LogP contribution >= 0.6 is 0 Å². The normalized spacial score (nSPS) is 12.2. The minimum absolute atomic E-state index is 0.372. The number of benzene rings is 2. The van der Waals surface area contributed by atoms with Crippen LogP contribution in [0.4, 0.5) is 0 Å². The zero-order chi connectivity index (χ0) is 16.4. The van der Waals surface area contributed by atoms with Crippen molar-refractivity contribution < 1.29 is 13.2 Å². The van der Waals surface area contributed by atoms with Gasteiger partial charge in [-0.3, -0.25) is 0 Å². The monoisotopic (exact) mass is 318 g/mol. The Bertz CT molecular complexity index is 727. The average Bonchev–Trinajstić information content (AvgIpc) is 2.55. The fourth-order valence-corrected chi connectivity index (χ4v) is 3.63. The minimum Gasteiger partial charge on any atom is -0.497 e. The summed E-state index contributed by atoms with van der Waals surface area (Å²) in [5.74, 6) is 0.799. The number of rotatable bonds is 5. The molecule has 2 aromatic rings. The lowest BCUT2D eigenvalue weighted by Gasteiger charge is -2.23. The van der Waals surface area contributed by atoms with Gasteiger partial charge >= 0.3 is 0 Å². The zero-order valence-corrected chi connectivity index (χ0v) is 14.3. The largest absolute Gasteiger partial charge is 0.497 e. The van der Waals surface area contributed by atoms with Gasteiger partial charge in [0.1, 0.15) is 5.75 Å². The van der Waals surface area contributed by atoms with Crippen molar-refractivity contribution in [3.05, 3.63) is 48.5 Å². The Labute approximate surface area is 132 Å². The number of hydrogen-bond acceptors (Lipinski definition) is 3. The van der Waals surface area contributed by atoms with Crippen molar-refractivity contribution in [3.63, 3.8) is 0 Å². The first kappa shape index (κ1) is 16.6. The van der Waals surface area contributed by atoms with Crippen LogP contribution in [-0.2, 0) is 9.84 Å². The van der Waals surface area contributed by atoms with Crippen LogP contribution in [0.1, 0.15) is 27.2 Å². The van der Waals surface area contributed by atoms with Crippen LogP contribution in [0, 0.1) is 0 Å². The van der Waals surface area contributed by atoms with Crippen molar-refractivity contribution in [2.45, 2.75) is 36.8 Å². The maximum Gasteiger partial charge on any atom is 0.183 e. The maximum atomic E-state index is 12.6. The molecule has 0 bridgehead atoms. The van der Waals surface area contributed by atoms with E-state index in [1.54, 1.807) is 33.1 Å². The number of sulfone groups is 1. The first-order valence-electron chi connectivity index (χ1n) is 7.31. The Morgan fingerprint density at radius 2 is 1.36 bits per heavy atom. The van der Waals surface area contributed by atoms with Crippen LogP contribution in [0.3, 0.4) is 0 Å². The van der Waals surface area contributed by atoms with E-state index in [1.807, 2.05) is 43.3 Å². The molecule has 0 aliphatic heterocycles. The van der Waals surface area contributed by atoms with E-state index in [0.29, 0.717) is 11.3 Å². The van der Waals surface area contributed by atoms with E-state index < -0.39 is 14.6 Å². The van der Waals surface area contributed by atoms with Gasteiger partial charge in [0.05, 0.1) is 16.8 Å². The highest BCUT2D eigenvalue weighted by Crippen LogP contribution is 2.30. The highest BCUT2D eigenvalue weighted by atomic mass is 32.2. The average molecular weight is 318 g/mol. The molecule has 4 heteroatoms. The van der Waals surface area contributed by atoms with E-state index in [2.05, 4.69) is 0 Å². The molecule has 0 aliphatic rings. The van der Waals surface area contributed by atoms with Gasteiger partial charge < -0.3 is 4.74 Å². The maximum absolute atomic E-state index is 12.6. The second kappa shape index (κ2) is 6.13. The summed E-state index contributed by atoms with van der Waals surface area (Å²) < 4.78 is 29.6. The van der Waals surface area contributed by atoms with E-state index in [0.717, 1.165) is 16.9 Å². The van der Waals surface area contributed by atoms with E-state index in [-0.39, 0.29) is 0 Å². The SMILES string of the molecule is CCC(C)(C)S(=O)(=O)c1ccc(-c2ccc(OC)cc2)cc1. The molecule has 0 spiro atoms. The fraction of sp³-hybridized carbons (Fsp3) is 0.333. The molecule has 0 unspecified atom stereocenters. The van der Waals surface area contributed by atoms with Gasteiger partial charge in [-0.25, -0.2) is 8.42 Å². The van der Waals surface area contributed by atoms with Crippen molar-refractivity contribution in [3.8, 4) is 16.9 Å². The van der Waals surface area contributed by atoms with Crippen LogP contribution in [0.15, 0.2) is 53.4 Å². The molecule has 22 heavy (non-hydrogen) atoms. The van der Waals surface area contributed by atoms with Gasteiger partial charge in [0.15, 0.2) is 9.84 Å². The van der Waals surface area contributed by atoms with Crippen molar-refractivity contribution >= 4 is 9.84 Å². The summed E-state index contributed by atoms with van der Waals surface area (Å²) in [4.78, 5) is 0.372. The predicted octanol–water partition coefficient (Wildman–Crippen LogP) is 4.32. The van der Waals surface area contributed by atoms with E-state index in [4.69, 9.17) is 4.74 Å². The highest BCUT2D eigenvalue weighted by molar-refractivity contribution is 7.92. The molecule has 0 aromatic heterocycles.